The lowest BCUT2D eigenvalue weighted by atomic mass is 10.2. The lowest BCUT2D eigenvalue weighted by molar-refractivity contribution is -0.123. The first-order valence-corrected chi connectivity index (χ1v) is 11.9. The van der Waals surface area contributed by atoms with Crippen LogP contribution in [0.2, 0.25) is 0 Å². The Morgan fingerprint density at radius 3 is 2.71 bits per heavy atom. The highest BCUT2D eigenvalue weighted by Gasteiger charge is 2.38. The summed E-state index contributed by atoms with van der Waals surface area (Å²) in [7, 11) is 0. The Morgan fingerprint density at radius 2 is 1.97 bits per heavy atom. The van der Waals surface area contributed by atoms with Crippen molar-refractivity contribution in [3.8, 4) is 0 Å². The molecule has 1 aliphatic carbocycles. The molecule has 0 bridgehead atoms. The topological polar surface area (TPSA) is 67.2 Å². The van der Waals surface area contributed by atoms with Gasteiger partial charge in [-0.05, 0) is 37.5 Å². The Bertz CT molecular complexity index is 1150. The molecule has 2 aliphatic heterocycles. The number of anilines is 1. The van der Waals surface area contributed by atoms with E-state index < -0.39 is 0 Å². The van der Waals surface area contributed by atoms with Crippen LogP contribution >= 0.6 is 24.0 Å². The summed E-state index contributed by atoms with van der Waals surface area (Å²) in [5.74, 6) is 0.511. The van der Waals surface area contributed by atoms with Crippen LogP contribution in [-0.2, 0) is 9.53 Å². The summed E-state index contributed by atoms with van der Waals surface area (Å²) >= 11 is 6.82. The molecule has 3 aliphatic rings. The van der Waals surface area contributed by atoms with Gasteiger partial charge in [-0.2, -0.15) is 0 Å². The molecule has 5 rings (SSSR count). The summed E-state index contributed by atoms with van der Waals surface area (Å²) in [4.78, 5) is 35.9. The molecule has 1 saturated carbocycles. The van der Waals surface area contributed by atoms with Gasteiger partial charge in [0.2, 0.25) is 0 Å². The van der Waals surface area contributed by atoms with Gasteiger partial charge < -0.3 is 9.64 Å². The van der Waals surface area contributed by atoms with Crippen LogP contribution in [0.5, 0.6) is 0 Å². The number of thioether (sulfide) groups is 1. The van der Waals surface area contributed by atoms with Crippen LogP contribution in [0.4, 0.5) is 5.82 Å². The minimum atomic E-state index is -0.179. The van der Waals surface area contributed by atoms with Gasteiger partial charge in [-0.1, -0.05) is 42.9 Å². The van der Waals surface area contributed by atoms with E-state index in [-0.39, 0.29) is 17.5 Å². The van der Waals surface area contributed by atoms with E-state index in [1.54, 1.807) is 21.6 Å². The number of ether oxygens (including phenoxy) is 1. The van der Waals surface area contributed by atoms with E-state index in [0.29, 0.717) is 52.6 Å². The number of morpholine rings is 1. The Hall–Kier alpha value is -2.23. The number of fused-ring (bicyclic) bond motifs is 1. The standard InChI is InChI=1S/C22H24N4O3S2/c1-14-5-4-8-25-18(14)23-19(24-9-11-29-12-10-24)16(20(25)27)13-17-21(28)26(22(30)31-17)15-6-2-3-7-15/h4-5,8,13,15H,2-3,6-7,9-12H2,1H3/b17-13+. The van der Waals surface area contributed by atoms with Crippen molar-refractivity contribution in [3.63, 3.8) is 0 Å². The van der Waals surface area contributed by atoms with E-state index in [1.165, 1.54) is 11.8 Å². The average Bonchev–Trinajstić information content (AvgIpc) is 3.39. The van der Waals surface area contributed by atoms with Crippen LogP contribution in [-0.4, -0.2) is 56.9 Å². The summed E-state index contributed by atoms with van der Waals surface area (Å²) in [5.41, 5.74) is 1.80. The molecule has 0 atom stereocenters. The molecule has 2 aromatic rings. The number of carbonyl (C=O) groups excluding carboxylic acids is 1. The van der Waals surface area contributed by atoms with Gasteiger partial charge in [-0.3, -0.25) is 18.9 Å². The second-order valence-electron chi connectivity index (χ2n) is 8.13. The van der Waals surface area contributed by atoms with E-state index in [0.717, 1.165) is 31.2 Å². The Morgan fingerprint density at radius 1 is 1.23 bits per heavy atom. The van der Waals surface area contributed by atoms with Crippen molar-refractivity contribution in [1.29, 1.82) is 0 Å². The third kappa shape index (κ3) is 3.68. The van der Waals surface area contributed by atoms with Gasteiger partial charge in [-0.25, -0.2) is 4.98 Å². The zero-order valence-electron chi connectivity index (χ0n) is 17.4. The lowest BCUT2D eigenvalue weighted by Gasteiger charge is -2.29. The van der Waals surface area contributed by atoms with Gasteiger partial charge in [0.25, 0.3) is 11.5 Å². The number of aromatic nitrogens is 2. The maximum absolute atomic E-state index is 13.5. The van der Waals surface area contributed by atoms with Crippen LogP contribution in [0, 0.1) is 6.92 Å². The number of thiocarbonyl (C=S) groups is 1. The summed E-state index contributed by atoms with van der Waals surface area (Å²) in [6.07, 6.45) is 7.63. The minimum absolute atomic E-state index is 0.0939. The predicted octanol–water partition coefficient (Wildman–Crippen LogP) is 2.98. The molecule has 0 spiro atoms. The molecule has 3 fully saturated rings. The third-order valence-electron chi connectivity index (χ3n) is 6.16. The maximum Gasteiger partial charge on any atom is 0.267 e. The van der Waals surface area contributed by atoms with Crippen molar-refractivity contribution >= 4 is 51.7 Å². The number of hydrogen-bond acceptors (Lipinski definition) is 7. The highest BCUT2D eigenvalue weighted by Crippen LogP contribution is 2.38. The largest absolute Gasteiger partial charge is 0.378 e. The van der Waals surface area contributed by atoms with Gasteiger partial charge in [0.15, 0.2) is 0 Å². The number of pyridine rings is 1. The van der Waals surface area contributed by atoms with Crippen LogP contribution < -0.4 is 10.5 Å². The second-order valence-corrected chi connectivity index (χ2v) is 9.80. The first-order chi connectivity index (χ1) is 15.0. The molecule has 7 nitrogen and oxygen atoms in total. The predicted molar refractivity (Wildman–Crippen MR) is 126 cm³/mol. The van der Waals surface area contributed by atoms with E-state index in [1.807, 2.05) is 19.1 Å². The van der Waals surface area contributed by atoms with E-state index >= 15 is 0 Å². The SMILES string of the molecule is Cc1cccn2c(=O)c(/C=C3/SC(=S)N(C4CCCC4)C3=O)c(N3CCOCC3)nc12. The number of hydrogen-bond donors (Lipinski definition) is 0. The van der Waals surface area contributed by atoms with Crippen LogP contribution in [0.3, 0.4) is 0 Å². The molecule has 1 amide bonds. The molecule has 0 radical (unpaired) electrons. The first-order valence-electron chi connectivity index (χ1n) is 10.7. The number of aryl methyl sites for hydroxylation is 1. The normalized spacial score (nSPS) is 21.8. The fourth-order valence-corrected chi connectivity index (χ4v) is 5.91. The summed E-state index contributed by atoms with van der Waals surface area (Å²) in [6.45, 7) is 4.41. The smallest absolute Gasteiger partial charge is 0.267 e. The molecule has 4 heterocycles. The van der Waals surface area contributed by atoms with Crippen LogP contribution in [0.1, 0.15) is 36.8 Å². The second kappa shape index (κ2) is 8.37. The van der Waals surface area contributed by atoms with Gasteiger partial charge in [0.05, 0.1) is 23.7 Å². The molecule has 2 saturated heterocycles. The van der Waals surface area contributed by atoms with E-state index in [9.17, 15) is 9.59 Å². The summed E-state index contributed by atoms with van der Waals surface area (Å²) in [5, 5.41) is 0. The van der Waals surface area contributed by atoms with Gasteiger partial charge >= 0.3 is 0 Å². The lowest BCUT2D eigenvalue weighted by Crippen LogP contribution is -2.39. The van der Waals surface area contributed by atoms with Gasteiger partial charge in [-0.15, -0.1) is 0 Å². The van der Waals surface area contributed by atoms with Crippen molar-refractivity contribution in [2.45, 2.75) is 38.6 Å². The Labute approximate surface area is 190 Å². The third-order valence-corrected chi connectivity index (χ3v) is 7.49. The fraction of sp³-hybridized carbons (Fsp3) is 0.455. The molecular formula is C22H24N4O3S2. The quantitative estimate of drug-likeness (QED) is 0.520. The van der Waals surface area contributed by atoms with Gasteiger partial charge in [0.1, 0.15) is 15.8 Å². The monoisotopic (exact) mass is 456 g/mol. The summed E-state index contributed by atoms with van der Waals surface area (Å²) < 4.78 is 7.63. The Balaban J connectivity index is 1.63. The number of amides is 1. The molecule has 31 heavy (non-hydrogen) atoms. The highest BCUT2D eigenvalue weighted by atomic mass is 32.2. The molecule has 9 heteroatoms. The van der Waals surface area contributed by atoms with Crippen molar-refractivity contribution in [1.82, 2.24) is 14.3 Å². The van der Waals surface area contributed by atoms with Crippen molar-refractivity contribution in [2.75, 3.05) is 31.2 Å². The Kier molecular flexibility index (Phi) is 5.58. The van der Waals surface area contributed by atoms with Gasteiger partial charge in [0, 0.05) is 25.3 Å². The average molecular weight is 457 g/mol. The maximum atomic E-state index is 13.5. The van der Waals surface area contributed by atoms with Crippen molar-refractivity contribution < 1.29 is 9.53 Å². The molecule has 2 aromatic heterocycles. The molecule has 0 unspecified atom stereocenters. The molecule has 0 aromatic carbocycles. The van der Waals surface area contributed by atoms with Crippen LogP contribution in [0.25, 0.3) is 11.7 Å². The van der Waals surface area contributed by atoms with E-state index in [2.05, 4.69) is 4.90 Å². The van der Waals surface area contributed by atoms with Crippen molar-refractivity contribution in [2.24, 2.45) is 0 Å². The highest BCUT2D eigenvalue weighted by molar-refractivity contribution is 8.26. The summed E-state index contributed by atoms with van der Waals surface area (Å²) in [6, 6.07) is 3.95. The fourth-order valence-electron chi connectivity index (χ4n) is 4.53. The molecule has 0 N–H and O–H groups in total. The molecular weight excluding hydrogens is 432 g/mol. The zero-order valence-corrected chi connectivity index (χ0v) is 19.0. The van der Waals surface area contributed by atoms with Crippen LogP contribution in [0.15, 0.2) is 28.0 Å². The number of nitrogens with zero attached hydrogens (tertiary/aromatic N) is 4. The molecule has 162 valence electrons. The number of rotatable bonds is 3. The zero-order chi connectivity index (χ0) is 21.5. The number of carbonyl (C=O) groups is 1. The first kappa shape index (κ1) is 20.7. The van der Waals surface area contributed by atoms with E-state index in [4.69, 9.17) is 21.9 Å². The van der Waals surface area contributed by atoms with Crippen molar-refractivity contribution in [3.05, 3.63) is 44.7 Å². The minimum Gasteiger partial charge on any atom is -0.378 e.